The molecule has 0 spiro atoms. The predicted molar refractivity (Wildman–Crippen MR) is 96.8 cm³/mol. The van der Waals surface area contributed by atoms with E-state index >= 15 is 0 Å². The Morgan fingerprint density at radius 2 is 1.82 bits per heavy atom. The molecule has 6 amide bonds. The van der Waals surface area contributed by atoms with Crippen LogP contribution in [0.4, 0.5) is 9.59 Å². The van der Waals surface area contributed by atoms with E-state index < -0.39 is 48.5 Å². The quantitative estimate of drug-likeness (QED) is 0.470. The number of esters is 1. The molecule has 10 heteroatoms. The van der Waals surface area contributed by atoms with Crippen molar-refractivity contribution in [2.45, 2.75) is 32.4 Å². The fourth-order valence-electron chi connectivity index (χ4n) is 2.59. The zero-order valence-corrected chi connectivity index (χ0v) is 15.8. The van der Waals surface area contributed by atoms with Crippen LogP contribution in [-0.4, -0.2) is 53.9 Å². The van der Waals surface area contributed by atoms with Gasteiger partial charge in [-0.2, -0.15) is 0 Å². The molecule has 1 saturated heterocycles. The zero-order valence-electron chi connectivity index (χ0n) is 15.8. The van der Waals surface area contributed by atoms with Gasteiger partial charge in [-0.1, -0.05) is 30.3 Å². The molecule has 1 aliphatic rings. The Kier molecular flexibility index (Phi) is 6.34. The summed E-state index contributed by atoms with van der Waals surface area (Å²) in [6.45, 7) is 3.59. The third-order valence-electron chi connectivity index (χ3n) is 3.95. The number of nitrogens with one attached hydrogen (secondary N) is 3. The maximum Gasteiger partial charge on any atom is 0.326 e. The first-order valence-electron chi connectivity index (χ1n) is 8.59. The molecule has 1 aromatic carbocycles. The summed E-state index contributed by atoms with van der Waals surface area (Å²) in [5.41, 5.74) is -0.731. The summed E-state index contributed by atoms with van der Waals surface area (Å²) in [5, 5.41) is 6.98. The standard InChI is InChI=1S/C18H22N4O6/c1-11(2)19-16(26)20-13(23)10-28-14(24)9-22-15(25)18(3,21-17(22)27)12-7-5-4-6-8-12/h4-8,11H,9-10H2,1-3H3,(H,21,27)(H2,19,20,23,26)/t18-/m0/s1. The van der Waals surface area contributed by atoms with E-state index in [9.17, 15) is 24.0 Å². The molecule has 1 aromatic rings. The normalized spacial score (nSPS) is 18.6. The van der Waals surface area contributed by atoms with Crippen LogP contribution in [-0.2, 0) is 24.7 Å². The number of nitrogens with zero attached hydrogens (tertiary/aromatic N) is 1. The van der Waals surface area contributed by atoms with Gasteiger partial charge in [0.1, 0.15) is 12.1 Å². The lowest BCUT2D eigenvalue weighted by Crippen LogP contribution is -2.44. The van der Waals surface area contributed by atoms with Crippen LogP contribution in [0.5, 0.6) is 0 Å². The number of ether oxygens (including phenoxy) is 1. The Morgan fingerprint density at radius 1 is 1.18 bits per heavy atom. The summed E-state index contributed by atoms with van der Waals surface area (Å²) in [4.78, 5) is 60.4. The van der Waals surface area contributed by atoms with Gasteiger partial charge in [0.05, 0.1) is 0 Å². The molecule has 0 radical (unpaired) electrons. The van der Waals surface area contributed by atoms with E-state index in [0.717, 1.165) is 4.90 Å². The van der Waals surface area contributed by atoms with Gasteiger partial charge in [0.2, 0.25) is 0 Å². The molecule has 10 nitrogen and oxygen atoms in total. The van der Waals surface area contributed by atoms with Crippen LogP contribution >= 0.6 is 0 Å². The van der Waals surface area contributed by atoms with Gasteiger partial charge >= 0.3 is 18.0 Å². The van der Waals surface area contributed by atoms with Crippen molar-refractivity contribution in [1.82, 2.24) is 20.9 Å². The second kappa shape index (κ2) is 8.51. The summed E-state index contributed by atoms with van der Waals surface area (Å²) in [7, 11) is 0. The molecule has 2 rings (SSSR count). The maximum atomic E-state index is 12.7. The van der Waals surface area contributed by atoms with E-state index in [2.05, 4.69) is 10.6 Å². The van der Waals surface area contributed by atoms with E-state index in [1.807, 2.05) is 5.32 Å². The molecule has 28 heavy (non-hydrogen) atoms. The number of carbonyl (C=O) groups excluding carboxylic acids is 5. The number of rotatable bonds is 6. The van der Waals surface area contributed by atoms with Crippen LogP contribution in [0.25, 0.3) is 0 Å². The molecule has 1 aliphatic heterocycles. The third-order valence-corrected chi connectivity index (χ3v) is 3.95. The lowest BCUT2D eigenvalue weighted by atomic mass is 9.92. The number of hydrogen-bond acceptors (Lipinski definition) is 6. The van der Waals surface area contributed by atoms with Gasteiger partial charge in [0, 0.05) is 6.04 Å². The number of benzene rings is 1. The van der Waals surface area contributed by atoms with E-state index in [1.165, 1.54) is 6.92 Å². The third kappa shape index (κ3) is 4.84. The molecule has 0 unspecified atom stereocenters. The van der Waals surface area contributed by atoms with Gasteiger partial charge in [-0.3, -0.25) is 24.6 Å². The second-order valence-corrected chi connectivity index (χ2v) is 6.65. The fourth-order valence-corrected chi connectivity index (χ4v) is 2.59. The highest BCUT2D eigenvalue weighted by Crippen LogP contribution is 2.28. The summed E-state index contributed by atoms with van der Waals surface area (Å²) >= 11 is 0. The monoisotopic (exact) mass is 390 g/mol. The Morgan fingerprint density at radius 3 is 2.43 bits per heavy atom. The van der Waals surface area contributed by atoms with E-state index in [1.54, 1.807) is 44.2 Å². The summed E-state index contributed by atoms with van der Waals surface area (Å²) < 4.78 is 4.74. The molecule has 0 saturated carbocycles. The zero-order chi connectivity index (χ0) is 20.9. The summed E-state index contributed by atoms with van der Waals surface area (Å²) in [6.07, 6.45) is 0. The van der Waals surface area contributed by atoms with Crippen molar-refractivity contribution in [1.29, 1.82) is 0 Å². The average Bonchev–Trinajstić information content (AvgIpc) is 2.84. The number of carbonyl (C=O) groups is 5. The van der Waals surface area contributed by atoms with Crippen molar-refractivity contribution in [3.63, 3.8) is 0 Å². The minimum Gasteiger partial charge on any atom is -0.454 e. The Hall–Kier alpha value is -3.43. The minimum absolute atomic E-state index is 0.172. The van der Waals surface area contributed by atoms with Gasteiger partial charge in [-0.05, 0) is 26.3 Å². The summed E-state index contributed by atoms with van der Waals surface area (Å²) in [6, 6.07) is 6.97. The lowest BCUT2D eigenvalue weighted by Gasteiger charge is -2.21. The first-order valence-corrected chi connectivity index (χ1v) is 8.59. The summed E-state index contributed by atoms with van der Waals surface area (Å²) in [5.74, 6) is -2.40. The minimum atomic E-state index is -1.30. The highest BCUT2D eigenvalue weighted by Gasteiger charge is 2.49. The highest BCUT2D eigenvalue weighted by molar-refractivity contribution is 6.09. The molecule has 0 aromatic heterocycles. The second-order valence-electron chi connectivity index (χ2n) is 6.65. The van der Waals surface area contributed by atoms with Gasteiger partial charge in [-0.25, -0.2) is 9.59 Å². The molecule has 0 bridgehead atoms. The molecule has 1 fully saturated rings. The Balaban J connectivity index is 1.90. The topological polar surface area (TPSA) is 134 Å². The largest absolute Gasteiger partial charge is 0.454 e. The number of hydrogen-bond donors (Lipinski definition) is 3. The molecule has 1 atom stereocenters. The Bertz CT molecular complexity index is 795. The van der Waals surface area contributed by atoms with Crippen molar-refractivity contribution in [3.8, 4) is 0 Å². The van der Waals surface area contributed by atoms with Crippen LogP contribution in [0.1, 0.15) is 26.3 Å². The van der Waals surface area contributed by atoms with Gasteiger partial charge in [-0.15, -0.1) is 0 Å². The number of imide groups is 2. The van der Waals surface area contributed by atoms with Gasteiger partial charge < -0.3 is 15.4 Å². The Labute approximate surface area is 161 Å². The van der Waals surface area contributed by atoms with Crippen LogP contribution < -0.4 is 16.0 Å². The maximum absolute atomic E-state index is 12.7. The fraction of sp³-hybridized carbons (Fsp3) is 0.389. The molecule has 0 aliphatic carbocycles. The smallest absolute Gasteiger partial charge is 0.326 e. The molecule has 3 N–H and O–H groups in total. The SMILES string of the molecule is CC(C)NC(=O)NC(=O)COC(=O)CN1C(=O)N[C@@](C)(c2ccccc2)C1=O. The number of amides is 6. The lowest BCUT2D eigenvalue weighted by molar-refractivity contribution is -0.150. The van der Waals surface area contributed by atoms with Gasteiger partial charge in [0.25, 0.3) is 11.8 Å². The van der Waals surface area contributed by atoms with Crippen molar-refractivity contribution in [3.05, 3.63) is 35.9 Å². The van der Waals surface area contributed by atoms with Crippen molar-refractivity contribution < 1.29 is 28.7 Å². The van der Waals surface area contributed by atoms with E-state index in [0.29, 0.717) is 5.56 Å². The first-order chi connectivity index (χ1) is 13.1. The van der Waals surface area contributed by atoms with E-state index in [4.69, 9.17) is 4.74 Å². The average molecular weight is 390 g/mol. The highest BCUT2D eigenvalue weighted by atomic mass is 16.5. The van der Waals surface area contributed by atoms with Crippen LogP contribution in [0.15, 0.2) is 30.3 Å². The van der Waals surface area contributed by atoms with Crippen LogP contribution in [0.3, 0.4) is 0 Å². The molecular formula is C18H22N4O6. The van der Waals surface area contributed by atoms with Crippen molar-refractivity contribution in [2.75, 3.05) is 13.2 Å². The molecule has 1 heterocycles. The van der Waals surface area contributed by atoms with Crippen LogP contribution in [0, 0.1) is 0 Å². The van der Waals surface area contributed by atoms with Crippen molar-refractivity contribution >= 4 is 29.8 Å². The van der Waals surface area contributed by atoms with Crippen LogP contribution in [0.2, 0.25) is 0 Å². The number of urea groups is 2. The van der Waals surface area contributed by atoms with Crippen molar-refractivity contribution in [2.24, 2.45) is 0 Å². The van der Waals surface area contributed by atoms with E-state index in [-0.39, 0.29) is 6.04 Å². The molecule has 150 valence electrons. The first kappa shape index (κ1) is 20.9. The van der Waals surface area contributed by atoms with Gasteiger partial charge in [0.15, 0.2) is 6.61 Å². The molecular weight excluding hydrogens is 368 g/mol. The predicted octanol–water partition coefficient (Wildman–Crippen LogP) is 0.231.